The van der Waals surface area contributed by atoms with Crippen LogP contribution in [0.2, 0.25) is 0 Å². The summed E-state index contributed by atoms with van der Waals surface area (Å²) in [6.45, 7) is 2.72. The van der Waals surface area contributed by atoms with E-state index in [1.165, 1.54) is 0 Å². The Morgan fingerprint density at radius 2 is 2.05 bits per heavy atom. The zero-order valence-electron chi connectivity index (χ0n) is 10.8. The average molecular weight is 272 g/mol. The Balaban J connectivity index is 1.94. The minimum absolute atomic E-state index is 0.113. The van der Waals surface area contributed by atoms with Gasteiger partial charge in [0.15, 0.2) is 0 Å². The number of aliphatic hydroxyl groups is 1. The minimum Gasteiger partial charge on any atom is -0.488 e. The van der Waals surface area contributed by atoms with Crippen LogP contribution in [0, 0.1) is 18.8 Å². The number of rotatable bonds is 4. The van der Waals surface area contributed by atoms with Crippen LogP contribution in [0.1, 0.15) is 21.7 Å². The first-order chi connectivity index (χ1) is 9.29. The summed E-state index contributed by atoms with van der Waals surface area (Å²) in [4.78, 5) is 2.16. The Morgan fingerprint density at radius 3 is 2.84 bits per heavy atom. The molecular formula is C16H16O2S. The molecule has 1 aromatic heterocycles. The number of hydrogen-bond donors (Lipinski definition) is 1. The van der Waals surface area contributed by atoms with Crippen molar-refractivity contribution in [1.29, 1.82) is 0 Å². The third kappa shape index (κ3) is 4.13. The standard InChI is InChI=1S/C16H16O2S/c1-13-6-2-3-8-16(13)18-12-15-10-9-14(19-15)7-4-5-11-17/h2-3,6,8-10,17H,5,11-12H2,1H3. The van der Waals surface area contributed by atoms with Gasteiger partial charge in [-0.25, -0.2) is 0 Å². The number of ether oxygens (including phenoxy) is 1. The van der Waals surface area contributed by atoms with Gasteiger partial charge in [0.25, 0.3) is 0 Å². The SMILES string of the molecule is Cc1ccccc1OCc1ccc(C#CCCO)s1. The van der Waals surface area contributed by atoms with E-state index >= 15 is 0 Å². The number of hydrogen-bond acceptors (Lipinski definition) is 3. The third-order valence-electron chi connectivity index (χ3n) is 2.57. The maximum atomic E-state index is 8.67. The second-order valence-corrected chi connectivity index (χ2v) is 5.26. The maximum absolute atomic E-state index is 8.67. The Hall–Kier alpha value is -1.76. The molecule has 0 unspecified atom stereocenters. The molecule has 0 saturated heterocycles. The monoisotopic (exact) mass is 272 g/mol. The summed E-state index contributed by atoms with van der Waals surface area (Å²) in [6.07, 6.45) is 0.521. The molecule has 2 aromatic rings. The van der Waals surface area contributed by atoms with Crippen molar-refractivity contribution >= 4 is 11.3 Å². The summed E-state index contributed by atoms with van der Waals surface area (Å²) in [5.74, 6) is 6.87. The van der Waals surface area contributed by atoms with E-state index in [1.807, 2.05) is 43.3 Å². The average Bonchev–Trinajstić information content (AvgIpc) is 2.86. The molecule has 3 heteroatoms. The van der Waals surface area contributed by atoms with Gasteiger partial charge in [-0.15, -0.1) is 11.3 Å². The first kappa shape index (κ1) is 13.7. The molecule has 0 atom stereocenters. The molecule has 0 spiro atoms. The van der Waals surface area contributed by atoms with Gasteiger partial charge in [-0.3, -0.25) is 0 Å². The van der Waals surface area contributed by atoms with Crippen LogP contribution in [-0.2, 0) is 6.61 Å². The fourth-order valence-corrected chi connectivity index (χ4v) is 2.39. The van der Waals surface area contributed by atoms with Crippen LogP contribution in [0.4, 0.5) is 0 Å². The topological polar surface area (TPSA) is 29.5 Å². The summed E-state index contributed by atoms with van der Waals surface area (Å²) in [7, 11) is 0. The molecule has 0 radical (unpaired) electrons. The van der Waals surface area contributed by atoms with E-state index in [2.05, 4.69) is 11.8 Å². The van der Waals surface area contributed by atoms with Gasteiger partial charge in [0.05, 0.1) is 11.5 Å². The highest BCUT2D eigenvalue weighted by atomic mass is 32.1. The normalized spacial score (nSPS) is 9.79. The molecular weight excluding hydrogens is 256 g/mol. The maximum Gasteiger partial charge on any atom is 0.122 e. The van der Waals surface area contributed by atoms with Crippen molar-refractivity contribution in [3.05, 3.63) is 51.7 Å². The van der Waals surface area contributed by atoms with E-state index in [0.29, 0.717) is 13.0 Å². The van der Waals surface area contributed by atoms with Gasteiger partial charge in [-0.2, -0.15) is 0 Å². The van der Waals surface area contributed by atoms with Gasteiger partial charge < -0.3 is 9.84 Å². The van der Waals surface area contributed by atoms with Crippen molar-refractivity contribution in [2.75, 3.05) is 6.61 Å². The van der Waals surface area contributed by atoms with Gasteiger partial charge in [0, 0.05) is 11.3 Å². The molecule has 98 valence electrons. The van der Waals surface area contributed by atoms with Gasteiger partial charge in [0.1, 0.15) is 12.4 Å². The van der Waals surface area contributed by atoms with Gasteiger partial charge in [-0.1, -0.05) is 30.0 Å². The molecule has 0 amide bonds. The minimum atomic E-state index is 0.113. The highest BCUT2D eigenvalue weighted by Crippen LogP contribution is 2.21. The molecule has 0 fully saturated rings. The first-order valence-electron chi connectivity index (χ1n) is 6.16. The molecule has 0 aliphatic rings. The molecule has 1 heterocycles. The van der Waals surface area contributed by atoms with Crippen molar-refractivity contribution in [3.8, 4) is 17.6 Å². The number of benzene rings is 1. The first-order valence-corrected chi connectivity index (χ1v) is 6.98. The van der Waals surface area contributed by atoms with Crippen LogP contribution in [-0.4, -0.2) is 11.7 Å². The van der Waals surface area contributed by atoms with Crippen molar-refractivity contribution in [2.45, 2.75) is 20.0 Å². The van der Waals surface area contributed by atoms with Gasteiger partial charge >= 0.3 is 0 Å². The summed E-state index contributed by atoms with van der Waals surface area (Å²) in [5.41, 5.74) is 1.14. The van der Waals surface area contributed by atoms with Crippen LogP contribution in [0.25, 0.3) is 0 Å². The lowest BCUT2D eigenvalue weighted by Crippen LogP contribution is -1.94. The van der Waals surface area contributed by atoms with Crippen molar-refractivity contribution in [1.82, 2.24) is 0 Å². The fourth-order valence-electron chi connectivity index (χ4n) is 1.60. The van der Waals surface area contributed by atoms with E-state index in [-0.39, 0.29) is 6.61 Å². The predicted octanol–water partition coefficient (Wildman–Crippen LogP) is 3.37. The van der Waals surface area contributed by atoms with E-state index in [9.17, 15) is 0 Å². The van der Waals surface area contributed by atoms with Crippen LogP contribution in [0.15, 0.2) is 36.4 Å². The summed E-state index contributed by atoms with van der Waals surface area (Å²) in [5, 5.41) is 8.67. The zero-order valence-corrected chi connectivity index (χ0v) is 11.7. The Morgan fingerprint density at radius 1 is 1.21 bits per heavy atom. The number of aryl methyl sites for hydroxylation is 1. The lowest BCUT2D eigenvalue weighted by Gasteiger charge is -2.06. The fraction of sp³-hybridized carbons (Fsp3) is 0.250. The Bertz CT molecular complexity index is 590. The number of thiophene rings is 1. The molecule has 0 aliphatic heterocycles. The second-order valence-electron chi connectivity index (χ2n) is 4.10. The quantitative estimate of drug-likeness (QED) is 0.865. The molecule has 19 heavy (non-hydrogen) atoms. The van der Waals surface area contributed by atoms with E-state index in [4.69, 9.17) is 9.84 Å². The second kappa shape index (κ2) is 6.98. The molecule has 0 aliphatic carbocycles. The lowest BCUT2D eigenvalue weighted by molar-refractivity contribution is 0.305. The van der Waals surface area contributed by atoms with Crippen LogP contribution >= 0.6 is 11.3 Å². The van der Waals surface area contributed by atoms with E-state index in [0.717, 1.165) is 21.1 Å². The molecule has 1 aromatic carbocycles. The highest BCUT2D eigenvalue weighted by Gasteiger charge is 2.01. The third-order valence-corrected chi connectivity index (χ3v) is 3.55. The molecule has 2 rings (SSSR count). The molecule has 2 nitrogen and oxygen atoms in total. The molecule has 0 bridgehead atoms. The van der Waals surface area contributed by atoms with Crippen LogP contribution < -0.4 is 4.74 Å². The molecule has 0 saturated carbocycles. The van der Waals surface area contributed by atoms with Crippen LogP contribution in [0.3, 0.4) is 0 Å². The van der Waals surface area contributed by atoms with Gasteiger partial charge in [0.2, 0.25) is 0 Å². The number of para-hydroxylation sites is 1. The largest absolute Gasteiger partial charge is 0.488 e. The summed E-state index contributed by atoms with van der Waals surface area (Å²) in [6, 6.07) is 12.0. The van der Waals surface area contributed by atoms with E-state index < -0.39 is 0 Å². The van der Waals surface area contributed by atoms with Crippen molar-refractivity contribution in [3.63, 3.8) is 0 Å². The zero-order chi connectivity index (χ0) is 13.5. The Kier molecular flexibility index (Phi) is 5.02. The van der Waals surface area contributed by atoms with Crippen molar-refractivity contribution in [2.24, 2.45) is 0 Å². The van der Waals surface area contributed by atoms with Crippen LogP contribution in [0.5, 0.6) is 5.75 Å². The molecule has 1 N–H and O–H groups in total. The number of aliphatic hydroxyl groups excluding tert-OH is 1. The summed E-state index contributed by atoms with van der Waals surface area (Å²) < 4.78 is 5.78. The highest BCUT2D eigenvalue weighted by molar-refractivity contribution is 7.12. The van der Waals surface area contributed by atoms with Crippen molar-refractivity contribution < 1.29 is 9.84 Å². The van der Waals surface area contributed by atoms with E-state index in [1.54, 1.807) is 11.3 Å². The lowest BCUT2D eigenvalue weighted by atomic mass is 10.2. The predicted molar refractivity (Wildman–Crippen MR) is 78.4 cm³/mol. The summed E-state index contributed by atoms with van der Waals surface area (Å²) >= 11 is 1.63. The smallest absolute Gasteiger partial charge is 0.122 e. The Labute approximate surface area is 117 Å². The van der Waals surface area contributed by atoms with Gasteiger partial charge in [-0.05, 0) is 30.7 Å².